The number of anilines is 2. The zero-order chi connectivity index (χ0) is 22.6. The summed E-state index contributed by atoms with van der Waals surface area (Å²) in [4.78, 5) is 46.1. The van der Waals surface area contributed by atoms with Crippen molar-refractivity contribution in [1.82, 2.24) is 24.8 Å². The molecule has 2 aliphatic heterocycles. The van der Waals surface area contributed by atoms with E-state index < -0.39 is 0 Å². The molecule has 10 nitrogen and oxygen atoms in total. The fraction of sp³-hybridized carbons (Fsp3) is 0.348. The normalized spacial score (nSPS) is 17.5. The van der Waals surface area contributed by atoms with Crippen molar-refractivity contribution in [3.05, 3.63) is 66.6 Å². The van der Waals surface area contributed by atoms with Gasteiger partial charge in [0.2, 0.25) is 17.7 Å². The van der Waals surface area contributed by atoms with Crippen LogP contribution in [0.25, 0.3) is 0 Å². The van der Waals surface area contributed by atoms with Gasteiger partial charge in [-0.3, -0.25) is 14.5 Å². The first kappa shape index (κ1) is 21.1. The summed E-state index contributed by atoms with van der Waals surface area (Å²) in [5, 5.41) is 0. The fourth-order valence-electron chi connectivity index (χ4n) is 4.12. The first-order valence-electron chi connectivity index (χ1n) is 11.0. The van der Waals surface area contributed by atoms with Crippen LogP contribution in [0.5, 0.6) is 0 Å². The van der Waals surface area contributed by atoms with Gasteiger partial charge in [0.25, 0.3) is 5.91 Å². The monoisotopic (exact) mass is 447 g/mol. The summed E-state index contributed by atoms with van der Waals surface area (Å²) in [5.41, 5.74) is 1.08. The van der Waals surface area contributed by atoms with Crippen LogP contribution in [-0.4, -0.2) is 82.4 Å². The number of piperazine rings is 2. The van der Waals surface area contributed by atoms with E-state index in [4.69, 9.17) is 4.42 Å². The van der Waals surface area contributed by atoms with Gasteiger partial charge in [-0.2, -0.15) is 0 Å². The average Bonchev–Trinajstić information content (AvgIpc) is 3.33. The lowest BCUT2D eigenvalue weighted by molar-refractivity contribution is -0.120. The van der Waals surface area contributed by atoms with Gasteiger partial charge in [-0.25, -0.2) is 15.0 Å². The molecule has 2 aromatic heterocycles. The van der Waals surface area contributed by atoms with Crippen molar-refractivity contribution in [2.45, 2.75) is 6.54 Å². The molecule has 0 atom stereocenters. The SMILES string of the molecule is O=C(c1coc(CN2CCN(c3ncccn3)CC2)n1)N1CCN(c2ccccc2)C(=O)C1. The Morgan fingerprint density at radius 3 is 2.42 bits per heavy atom. The number of amides is 2. The highest BCUT2D eigenvalue weighted by Gasteiger charge is 2.30. The fourth-order valence-corrected chi connectivity index (χ4v) is 4.12. The smallest absolute Gasteiger partial charge is 0.276 e. The van der Waals surface area contributed by atoms with Crippen LogP contribution in [0.2, 0.25) is 0 Å². The molecule has 5 rings (SSSR count). The number of para-hydroxylation sites is 1. The van der Waals surface area contributed by atoms with E-state index in [1.807, 2.05) is 30.3 Å². The number of rotatable bonds is 5. The van der Waals surface area contributed by atoms with E-state index in [0.717, 1.165) is 37.8 Å². The average molecular weight is 447 g/mol. The summed E-state index contributed by atoms with van der Waals surface area (Å²) in [5.74, 6) is 0.849. The number of aromatic nitrogens is 3. The van der Waals surface area contributed by atoms with Gasteiger partial charge in [0, 0.05) is 57.3 Å². The zero-order valence-electron chi connectivity index (χ0n) is 18.2. The van der Waals surface area contributed by atoms with Crippen molar-refractivity contribution in [3.63, 3.8) is 0 Å². The van der Waals surface area contributed by atoms with Crippen LogP contribution in [0.1, 0.15) is 16.4 Å². The third kappa shape index (κ3) is 4.70. The van der Waals surface area contributed by atoms with E-state index in [2.05, 4.69) is 24.8 Å². The Morgan fingerprint density at radius 2 is 1.70 bits per heavy atom. The largest absolute Gasteiger partial charge is 0.447 e. The third-order valence-corrected chi connectivity index (χ3v) is 5.91. The Hall–Kier alpha value is -3.79. The van der Waals surface area contributed by atoms with Crippen molar-refractivity contribution in [3.8, 4) is 0 Å². The van der Waals surface area contributed by atoms with Crippen molar-refractivity contribution in [2.24, 2.45) is 0 Å². The van der Waals surface area contributed by atoms with Crippen molar-refractivity contribution in [2.75, 3.05) is 55.6 Å². The highest BCUT2D eigenvalue weighted by Crippen LogP contribution is 2.18. The Kier molecular flexibility index (Phi) is 5.99. The summed E-state index contributed by atoms with van der Waals surface area (Å²) in [7, 11) is 0. The highest BCUT2D eigenvalue weighted by atomic mass is 16.3. The number of carbonyl (C=O) groups is 2. The topological polar surface area (TPSA) is 98.9 Å². The van der Waals surface area contributed by atoms with Crippen molar-refractivity contribution < 1.29 is 14.0 Å². The van der Waals surface area contributed by atoms with E-state index in [1.165, 1.54) is 11.2 Å². The van der Waals surface area contributed by atoms with E-state index in [-0.39, 0.29) is 24.1 Å². The maximum atomic E-state index is 12.9. The molecule has 2 saturated heterocycles. The van der Waals surface area contributed by atoms with E-state index in [9.17, 15) is 9.59 Å². The summed E-state index contributed by atoms with van der Waals surface area (Å²) in [6.45, 7) is 4.71. The second kappa shape index (κ2) is 9.37. The second-order valence-corrected chi connectivity index (χ2v) is 8.05. The van der Waals surface area contributed by atoms with Crippen molar-refractivity contribution in [1.29, 1.82) is 0 Å². The molecule has 1 aromatic carbocycles. The van der Waals surface area contributed by atoms with Crippen LogP contribution in [0.3, 0.4) is 0 Å². The summed E-state index contributed by atoms with van der Waals surface area (Å²) in [6, 6.07) is 11.3. The molecule has 0 spiro atoms. The van der Waals surface area contributed by atoms with Gasteiger partial charge in [-0.1, -0.05) is 18.2 Å². The molecule has 0 unspecified atom stereocenters. The molecule has 10 heteroatoms. The van der Waals surface area contributed by atoms with Crippen LogP contribution < -0.4 is 9.80 Å². The molecular formula is C23H25N7O3. The molecule has 2 aliphatic rings. The second-order valence-electron chi connectivity index (χ2n) is 8.05. The van der Waals surface area contributed by atoms with E-state index in [0.29, 0.717) is 25.5 Å². The van der Waals surface area contributed by atoms with Crippen LogP contribution in [-0.2, 0) is 11.3 Å². The number of nitrogens with zero attached hydrogens (tertiary/aromatic N) is 7. The molecule has 0 aliphatic carbocycles. The molecule has 0 saturated carbocycles. The molecular weight excluding hydrogens is 422 g/mol. The Morgan fingerprint density at radius 1 is 0.939 bits per heavy atom. The van der Waals surface area contributed by atoms with E-state index in [1.54, 1.807) is 23.4 Å². The van der Waals surface area contributed by atoms with Crippen LogP contribution in [0.4, 0.5) is 11.6 Å². The predicted molar refractivity (Wildman–Crippen MR) is 121 cm³/mol. The minimum Gasteiger partial charge on any atom is -0.447 e. The van der Waals surface area contributed by atoms with Gasteiger partial charge in [0.1, 0.15) is 12.8 Å². The molecule has 2 fully saturated rings. The molecule has 0 radical (unpaired) electrons. The standard InChI is InChI=1S/C23H25N7O3/c31-21-16-29(13-14-30(21)18-5-2-1-3-6-18)22(32)19-17-33-20(26-19)15-27-9-11-28(12-10-27)23-24-7-4-8-25-23/h1-8,17H,9-16H2. The maximum absolute atomic E-state index is 12.9. The van der Waals surface area contributed by atoms with Gasteiger partial charge in [-0.05, 0) is 18.2 Å². The maximum Gasteiger partial charge on any atom is 0.276 e. The molecule has 0 bridgehead atoms. The number of hydrogen-bond acceptors (Lipinski definition) is 8. The number of carbonyl (C=O) groups excluding carboxylic acids is 2. The number of hydrogen-bond donors (Lipinski definition) is 0. The summed E-state index contributed by atoms with van der Waals surface area (Å²) < 4.78 is 5.57. The first-order valence-corrected chi connectivity index (χ1v) is 11.0. The molecule has 170 valence electrons. The molecule has 33 heavy (non-hydrogen) atoms. The van der Waals surface area contributed by atoms with Gasteiger partial charge in [0.15, 0.2) is 5.69 Å². The Bertz CT molecular complexity index is 1100. The minimum atomic E-state index is -0.280. The highest BCUT2D eigenvalue weighted by molar-refractivity contribution is 6.00. The quantitative estimate of drug-likeness (QED) is 0.577. The predicted octanol–water partition coefficient (Wildman–Crippen LogP) is 1.28. The van der Waals surface area contributed by atoms with Gasteiger partial charge < -0.3 is 19.1 Å². The summed E-state index contributed by atoms with van der Waals surface area (Å²) in [6.07, 6.45) is 4.88. The molecule has 4 heterocycles. The van der Waals surface area contributed by atoms with Crippen LogP contribution in [0.15, 0.2) is 59.5 Å². The zero-order valence-corrected chi connectivity index (χ0v) is 18.2. The molecule has 2 amide bonds. The lowest BCUT2D eigenvalue weighted by atomic mass is 10.2. The van der Waals surface area contributed by atoms with Gasteiger partial charge in [-0.15, -0.1) is 0 Å². The lowest BCUT2D eigenvalue weighted by Crippen LogP contribution is -2.52. The molecule has 0 N–H and O–H groups in total. The van der Waals surface area contributed by atoms with Gasteiger partial charge >= 0.3 is 0 Å². The van der Waals surface area contributed by atoms with Crippen molar-refractivity contribution >= 4 is 23.5 Å². The van der Waals surface area contributed by atoms with E-state index >= 15 is 0 Å². The van der Waals surface area contributed by atoms with Gasteiger partial charge in [0.05, 0.1) is 6.54 Å². The first-order chi connectivity index (χ1) is 16.2. The minimum absolute atomic E-state index is 0.0272. The third-order valence-electron chi connectivity index (χ3n) is 5.91. The Labute approximate surface area is 191 Å². The van der Waals surface area contributed by atoms with Crippen LogP contribution >= 0.6 is 0 Å². The lowest BCUT2D eigenvalue weighted by Gasteiger charge is -2.34. The number of benzene rings is 1. The Balaban J connectivity index is 1.14. The summed E-state index contributed by atoms with van der Waals surface area (Å²) >= 11 is 0. The molecule has 3 aromatic rings. The van der Waals surface area contributed by atoms with Crippen LogP contribution in [0, 0.1) is 0 Å². The number of oxazole rings is 1.